The number of hydrogen-bond acceptors (Lipinski definition) is 5. The molecule has 0 atom stereocenters. The second kappa shape index (κ2) is 8.87. The molecular formula is C20H21NO3S2. The summed E-state index contributed by atoms with van der Waals surface area (Å²) in [7, 11) is 1.60. The first kappa shape index (κ1) is 18.5. The maximum Gasteiger partial charge on any atom is 0.254 e. The maximum atomic E-state index is 13.2. The third-order valence-electron chi connectivity index (χ3n) is 3.85. The molecule has 0 radical (unpaired) electrons. The van der Waals surface area contributed by atoms with Crippen LogP contribution in [0.1, 0.15) is 27.0 Å². The Morgan fingerprint density at radius 2 is 1.65 bits per heavy atom. The number of methoxy groups -OCH3 is 1. The highest BCUT2D eigenvalue weighted by Crippen LogP contribution is 2.29. The monoisotopic (exact) mass is 387 g/mol. The molecule has 0 bridgehead atoms. The molecule has 0 unspecified atom stereocenters. The van der Waals surface area contributed by atoms with Crippen molar-refractivity contribution in [2.24, 2.45) is 0 Å². The van der Waals surface area contributed by atoms with Gasteiger partial charge in [0, 0.05) is 15.3 Å². The van der Waals surface area contributed by atoms with Crippen molar-refractivity contribution in [3.05, 3.63) is 68.5 Å². The van der Waals surface area contributed by atoms with E-state index in [1.54, 1.807) is 48.0 Å². The Bertz CT molecular complexity index is 793. The molecule has 2 heterocycles. The van der Waals surface area contributed by atoms with Gasteiger partial charge in [0.15, 0.2) is 11.5 Å². The molecule has 0 N–H and O–H groups in total. The molecule has 4 nitrogen and oxygen atoms in total. The standard InChI is InChI=1S/C20H21NO3S2/c1-3-24-19-12-15(8-9-18(19)23-2)20(22)21(13-16-6-4-10-25-16)14-17-7-5-11-26-17/h4-12H,3,13-14H2,1-2H3. The number of carbonyl (C=O) groups is 1. The van der Waals surface area contributed by atoms with Crippen LogP contribution in [-0.4, -0.2) is 24.5 Å². The second-order valence-electron chi connectivity index (χ2n) is 5.62. The van der Waals surface area contributed by atoms with Crippen molar-refractivity contribution in [2.45, 2.75) is 20.0 Å². The number of amides is 1. The first-order valence-corrected chi connectivity index (χ1v) is 10.1. The number of benzene rings is 1. The predicted octanol–water partition coefficient (Wildman–Crippen LogP) is 5.06. The van der Waals surface area contributed by atoms with Crippen molar-refractivity contribution < 1.29 is 14.3 Å². The number of carbonyl (C=O) groups excluding carboxylic acids is 1. The summed E-state index contributed by atoms with van der Waals surface area (Å²) in [5.74, 6) is 1.20. The Labute approximate surface area is 161 Å². The number of thiophene rings is 2. The molecule has 136 valence electrons. The zero-order valence-electron chi connectivity index (χ0n) is 14.8. The zero-order chi connectivity index (χ0) is 18.4. The molecule has 0 aliphatic rings. The largest absolute Gasteiger partial charge is 0.493 e. The van der Waals surface area contributed by atoms with Crippen LogP contribution in [0.3, 0.4) is 0 Å². The van der Waals surface area contributed by atoms with E-state index < -0.39 is 0 Å². The van der Waals surface area contributed by atoms with Gasteiger partial charge >= 0.3 is 0 Å². The van der Waals surface area contributed by atoms with Gasteiger partial charge in [-0.05, 0) is 48.0 Å². The molecule has 0 saturated carbocycles. The van der Waals surface area contributed by atoms with Crippen molar-refractivity contribution in [3.8, 4) is 11.5 Å². The summed E-state index contributed by atoms with van der Waals surface area (Å²) in [6, 6.07) is 13.5. The Kier molecular flexibility index (Phi) is 6.30. The van der Waals surface area contributed by atoms with Crippen LogP contribution in [0, 0.1) is 0 Å². The summed E-state index contributed by atoms with van der Waals surface area (Å²) < 4.78 is 10.9. The van der Waals surface area contributed by atoms with E-state index in [9.17, 15) is 4.79 Å². The molecule has 26 heavy (non-hydrogen) atoms. The average molecular weight is 388 g/mol. The van der Waals surface area contributed by atoms with E-state index in [-0.39, 0.29) is 5.91 Å². The predicted molar refractivity (Wildman–Crippen MR) is 106 cm³/mol. The molecule has 1 amide bonds. The molecule has 0 aliphatic carbocycles. The number of ether oxygens (including phenoxy) is 2. The van der Waals surface area contributed by atoms with Gasteiger partial charge in [0.2, 0.25) is 0 Å². The summed E-state index contributed by atoms with van der Waals surface area (Å²) in [5, 5.41) is 4.06. The summed E-state index contributed by atoms with van der Waals surface area (Å²) >= 11 is 3.32. The highest BCUT2D eigenvalue weighted by atomic mass is 32.1. The Balaban J connectivity index is 1.87. The van der Waals surface area contributed by atoms with Gasteiger partial charge in [0.25, 0.3) is 5.91 Å². The fraction of sp³-hybridized carbons (Fsp3) is 0.250. The van der Waals surface area contributed by atoms with Crippen LogP contribution in [0.15, 0.2) is 53.2 Å². The topological polar surface area (TPSA) is 38.8 Å². The first-order chi connectivity index (χ1) is 12.7. The lowest BCUT2D eigenvalue weighted by atomic mass is 10.1. The van der Waals surface area contributed by atoms with Crippen LogP contribution < -0.4 is 9.47 Å². The molecule has 0 fully saturated rings. The number of nitrogens with zero attached hydrogens (tertiary/aromatic N) is 1. The van der Waals surface area contributed by atoms with Crippen LogP contribution in [0.25, 0.3) is 0 Å². The van der Waals surface area contributed by atoms with Crippen molar-refractivity contribution >= 4 is 28.6 Å². The minimum atomic E-state index is -0.0181. The molecule has 0 spiro atoms. The maximum absolute atomic E-state index is 13.2. The Morgan fingerprint density at radius 1 is 1.00 bits per heavy atom. The molecular weight excluding hydrogens is 366 g/mol. The fourth-order valence-electron chi connectivity index (χ4n) is 2.64. The van der Waals surface area contributed by atoms with Crippen LogP contribution in [-0.2, 0) is 13.1 Å². The van der Waals surface area contributed by atoms with Crippen LogP contribution >= 0.6 is 22.7 Å². The zero-order valence-corrected chi connectivity index (χ0v) is 16.4. The molecule has 0 aliphatic heterocycles. The van der Waals surface area contributed by atoms with Gasteiger partial charge in [0.05, 0.1) is 26.8 Å². The number of hydrogen-bond donors (Lipinski definition) is 0. The van der Waals surface area contributed by atoms with Gasteiger partial charge in [-0.2, -0.15) is 0 Å². The summed E-state index contributed by atoms with van der Waals surface area (Å²) in [5.41, 5.74) is 0.599. The molecule has 6 heteroatoms. The van der Waals surface area contributed by atoms with Gasteiger partial charge in [-0.3, -0.25) is 4.79 Å². The molecule has 3 rings (SSSR count). The normalized spacial score (nSPS) is 10.5. The van der Waals surface area contributed by atoms with Crippen LogP contribution in [0.2, 0.25) is 0 Å². The van der Waals surface area contributed by atoms with Crippen LogP contribution in [0.5, 0.6) is 11.5 Å². The highest BCUT2D eigenvalue weighted by molar-refractivity contribution is 7.10. The molecule has 3 aromatic rings. The smallest absolute Gasteiger partial charge is 0.254 e. The lowest BCUT2D eigenvalue weighted by Crippen LogP contribution is -2.29. The van der Waals surface area contributed by atoms with E-state index >= 15 is 0 Å². The summed E-state index contributed by atoms with van der Waals surface area (Å²) in [6.07, 6.45) is 0. The van der Waals surface area contributed by atoms with Crippen molar-refractivity contribution in [2.75, 3.05) is 13.7 Å². The van der Waals surface area contributed by atoms with E-state index in [1.807, 2.05) is 34.7 Å². The summed E-state index contributed by atoms with van der Waals surface area (Å²) in [4.78, 5) is 17.4. The molecule has 2 aromatic heterocycles. The minimum Gasteiger partial charge on any atom is -0.493 e. The van der Waals surface area contributed by atoms with Gasteiger partial charge in [-0.1, -0.05) is 12.1 Å². The van der Waals surface area contributed by atoms with Crippen molar-refractivity contribution in [1.82, 2.24) is 4.90 Å². The van der Waals surface area contributed by atoms with E-state index in [2.05, 4.69) is 12.1 Å². The molecule has 1 aromatic carbocycles. The molecule has 0 saturated heterocycles. The average Bonchev–Trinajstić information content (AvgIpc) is 3.35. The number of rotatable bonds is 8. The third kappa shape index (κ3) is 4.45. The Morgan fingerprint density at radius 3 is 2.15 bits per heavy atom. The van der Waals surface area contributed by atoms with E-state index in [0.29, 0.717) is 36.8 Å². The second-order valence-corrected chi connectivity index (χ2v) is 7.68. The van der Waals surface area contributed by atoms with E-state index in [1.165, 1.54) is 0 Å². The van der Waals surface area contributed by atoms with E-state index in [4.69, 9.17) is 9.47 Å². The fourth-order valence-corrected chi connectivity index (χ4v) is 4.08. The van der Waals surface area contributed by atoms with Gasteiger partial charge < -0.3 is 14.4 Å². The van der Waals surface area contributed by atoms with Gasteiger partial charge in [0.1, 0.15) is 0 Å². The van der Waals surface area contributed by atoms with E-state index in [0.717, 1.165) is 9.75 Å². The quantitative estimate of drug-likeness (QED) is 0.542. The SMILES string of the molecule is CCOc1cc(C(=O)N(Cc2cccs2)Cc2cccs2)ccc1OC. The van der Waals surface area contributed by atoms with Crippen LogP contribution in [0.4, 0.5) is 0 Å². The van der Waals surface area contributed by atoms with Crippen molar-refractivity contribution in [3.63, 3.8) is 0 Å². The first-order valence-electron chi connectivity index (χ1n) is 8.36. The Hall–Kier alpha value is -2.31. The summed E-state index contributed by atoms with van der Waals surface area (Å²) in [6.45, 7) is 3.60. The lowest BCUT2D eigenvalue weighted by molar-refractivity contribution is 0.0733. The minimum absolute atomic E-state index is 0.0181. The van der Waals surface area contributed by atoms with Gasteiger partial charge in [-0.15, -0.1) is 22.7 Å². The third-order valence-corrected chi connectivity index (χ3v) is 5.57. The van der Waals surface area contributed by atoms with Gasteiger partial charge in [-0.25, -0.2) is 0 Å². The lowest BCUT2D eigenvalue weighted by Gasteiger charge is -2.22. The highest BCUT2D eigenvalue weighted by Gasteiger charge is 2.19. The van der Waals surface area contributed by atoms with Crippen molar-refractivity contribution in [1.29, 1.82) is 0 Å².